The molecule has 1 amide bonds. The molecule has 4 nitrogen and oxygen atoms in total. The fourth-order valence-electron chi connectivity index (χ4n) is 2.99. The third-order valence-electron chi connectivity index (χ3n) is 4.73. The van der Waals surface area contributed by atoms with E-state index in [1.54, 1.807) is 12.1 Å². The molecule has 1 aromatic rings. The first-order chi connectivity index (χ1) is 11.3. The van der Waals surface area contributed by atoms with Crippen molar-refractivity contribution in [2.24, 2.45) is 0 Å². The molecule has 1 aliphatic rings. The summed E-state index contributed by atoms with van der Waals surface area (Å²) in [6.07, 6.45) is 2.15. The lowest BCUT2D eigenvalue weighted by atomic mass is 10.0. The van der Waals surface area contributed by atoms with Crippen molar-refractivity contribution in [2.45, 2.75) is 25.8 Å². The van der Waals surface area contributed by atoms with Crippen molar-refractivity contribution in [1.29, 1.82) is 0 Å². The first kappa shape index (κ1) is 19.5. The van der Waals surface area contributed by atoms with Crippen LogP contribution in [-0.4, -0.2) is 74.0 Å². The van der Waals surface area contributed by atoms with Gasteiger partial charge in [0.05, 0.1) is 0 Å². The average molecular weight is 372 g/mol. The summed E-state index contributed by atoms with van der Waals surface area (Å²) in [5, 5.41) is 1.09. The van der Waals surface area contributed by atoms with Gasteiger partial charge >= 0.3 is 0 Å². The van der Waals surface area contributed by atoms with Crippen molar-refractivity contribution in [3.8, 4) is 0 Å². The number of carbonyl (C=O) groups excluding carboxylic acids is 1. The van der Waals surface area contributed by atoms with Gasteiger partial charge in [0.15, 0.2) is 0 Å². The van der Waals surface area contributed by atoms with Gasteiger partial charge in [0, 0.05) is 47.8 Å². The standard InChI is InChI=1S/C18H27Cl2N3O/c1-13-16(19)10-14(11-17(13)20)18(24)23-7-5-6-15(12-23)22(4)9-8-21(2)3/h10-11,15H,5-9,12H2,1-4H3. The molecule has 1 fully saturated rings. The second-order valence-corrected chi connectivity index (χ2v) is 7.71. The zero-order valence-corrected chi connectivity index (χ0v) is 16.5. The van der Waals surface area contributed by atoms with E-state index in [-0.39, 0.29) is 5.91 Å². The van der Waals surface area contributed by atoms with E-state index >= 15 is 0 Å². The summed E-state index contributed by atoms with van der Waals surface area (Å²) in [7, 11) is 6.30. The number of piperidine rings is 1. The molecule has 0 aliphatic carbocycles. The van der Waals surface area contributed by atoms with Gasteiger partial charge in [-0.05, 0) is 58.6 Å². The van der Waals surface area contributed by atoms with Crippen LogP contribution >= 0.6 is 23.2 Å². The molecule has 0 spiro atoms. The van der Waals surface area contributed by atoms with Crippen LogP contribution < -0.4 is 0 Å². The second kappa shape index (κ2) is 8.52. The topological polar surface area (TPSA) is 26.8 Å². The predicted molar refractivity (Wildman–Crippen MR) is 101 cm³/mol. The van der Waals surface area contributed by atoms with Crippen molar-refractivity contribution in [3.63, 3.8) is 0 Å². The molecular weight excluding hydrogens is 345 g/mol. The lowest BCUT2D eigenvalue weighted by Gasteiger charge is -2.38. The number of hydrogen-bond acceptors (Lipinski definition) is 3. The van der Waals surface area contributed by atoms with Gasteiger partial charge < -0.3 is 14.7 Å². The Kier molecular flexibility index (Phi) is 6.93. The van der Waals surface area contributed by atoms with Gasteiger partial charge in [0.25, 0.3) is 5.91 Å². The number of nitrogens with zero attached hydrogens (tertiary/aromatic N) is 3. The van der Waals surface area contributed by atoms with E-state index in [0.717, 1.165) is 44.6 Å². The molecule has 2 rings (SSSR count). The Morgan fingerprint density at radius 1 is 1.21 bits per heavy atom. The molecule has 24 heavy (non-hydrogen) atoms. The highest BCUT2D eigenvalue weighted by molar-refractivity contribution is 6.36. The largest absolute Gasteiger partial charge is 0.337 e. The van der Waals surface area contributed by atoms with Gasteiger partial charge in [-0.15, -0.1) is 0 Å². The Bertz CT molecular complexity index is 569. The molecular formula is C18H27Cl2N3O. The molecule has 1 saturated heterocycles. The first-order valence-electron chi connectivity index (χ1n) is 8.39. The molecule has 1 heterocycles. The molecule has 0 aromatic heterocycles. The zero-order chi connectivity index (χ0) is 17.9. The summed E-state index contributed by atoms with van der Waals surface area (Å²) in [6.45, 7) is 5.42. The molecule has 1 aromatic carbocycles. The van der Waals surface area contributed by atoms with Crippen LogP contribution in [-0.2, 0) is 0 Å². The number of hydrogen-bond donors (Lipinski definition) is 0. The Morgan fingerprint density at radius 3 is 2.42 bits per heavy atom. The normalized spacial score (nSPS) is 18.5. The quantitative estimate of drug-likeness (QED) is 0.793. The molecule has 1 unspecified atom stereocenters. The van der Waals surface area contributed by atoms with Crippen molar-refractivity contribution < 1.29 is 4.79 Å². The minimum absolute atomic E-state index is 0.0181. The van der Waals surface area contributed by atoms with E-state index in [1.165, 1.54) is 0 Å². The van der Waals surface area contributed by atoms with Crippen LogP contribution in [0.15, 0.2) is 12.1 Å². The molecule has 0 saturated carbocycles. The van der Waals surface area contributed by atoms with Gasteiger partial charge in [0.2, 0.25) is 0 Å². The minimum atomic E-state index is 0.0181. The fraction of sp³-hybridized carbons (Fsp3) is 0.611. The number of benzene rings is 1. The van der Waals surface area contributed by atoms with Crippen LogP contribution in [0.1, 0.15) is 28.8 Å². The predicted octanol–water partition coefficient (Wildman–Crippen LogP) is 3.40. The maximum Gasteiger partial charge on any atom is 0.254 e. The van der Waals surface area contributed by atoms with Crippen LogP contribution in [0, 0.1) is 6.92 Å². The molecule has 0 bridgehead atoms. The Hall–Kier alpha value is -0.810. The summed E-state index contributed by atoms with van der Waals surface area (Å²) in [4.78, 5) is 19.3. The number of carbonyl (C=O) groups is 1. The number of amides is 1. The van der Waals surface area contributed by atoms with Gasteiger partial charge in [-0.25, -0.2) is 0 Å². The highest BCUT2D eigenvalue weighted by atomic mass is 35.5. The first-order valence-corrected chi connectivity index (χ1v) is 9.15. The summed E-state index contributed by atoms with van der Waals surface area (Å²) in [5.74, 6) is 0.0181. The second-order valence-electron chi connectivity index (χ2n) is 6.90. The van der Waals surface area contributed by atoms with E-state index in [0.29, 0.717) is 21.7 Å². The summed E-state index contributed by atoms with van der Waals surface area (Å²) in [6, 6.07) is 3.86. The molecule has 134 valence electrons. The third kappa shape index (κ3) is 4.85. The summed E-state index contributed by atoms with van der Waals surface area (Å²) >= 11 is 12.4. The number of halogens is 2. The monoisotopic (exact) mass is 371 g/mol. The van der Waals surface area contributed by atoms with Crippen LogP contribution in [0.2, 0.25) is 10.0 Å². The van der Waals surface area contributed by atoms with Crippen molar-refractivity contribution in [3.05, 3.63) is 33.3 Å². The minimum Gasteiger partial charge on any atom is -0.337 e. The highest BCUT2D eigenvalue weighted by Gasteiger charge is 2.27. The van der Waals surface area contributed by atoms with E-state index in [2.05, 4.69) is 30.9 Å². The average Bonchev–Trinajstić information content (AvgIpc) is 2.56. The van der Waals surface area contributed by atoms with Crippen LogP contribution in [0.25, 0.3) is 0 Å². The highest BCUT2D eigenvalue weighted by Crippen LogP contribution is 2.27. The molecule has 6 heteroatoms. The van der Waals surface area contributed by atoms with Crippen molar-refractivity contribution in [1.82, 2.24) is 14.7 Å². The van der Waals surface area contributed by atoms with E-state index < -0.39 is 0 Å². The third-order valence-corrected chi connectivity index (χ3v) is 5.52. The van der Waals surface area contributed by atoms with Crippen LogP contribution in [0.3, 0.4) is 0 Å². The fourth-order valence-corrected chi connectivity index (χ4v) is 3.48. The van der Waals surface area contributed by atoms with Crippen LogP contribution in [0.5, 0.6) is 0 Å². The maximum absolute atomic E-state index is 12.8. The van der Waals surface area contributed by atoms with E-state index in [4.69, 9.17) is 23.2 Å². The lowest BCUT2D eigenvalue weighted by Crippen LogP contribution is -2.49. The van der Waals surface area contributed by atoms with Gasteiger partial charge in [-0.1, -0.05) is 23.2 Å². The molecule has 1 aliphatic heterocycles. The summed E-state index contributed by atoms with van der Waals surface area (Å²) < 4.78 is 0. The molecule has 0 N–H and O–H groups in total. The van der Waals surface area contributed by atoms with E-state index in [9.17, 15) is 4.79 Å². The van der Waals surface area contributed by atoms with Gasteiger partial charge in [-0.2, -0.15) is 0 Å². The van der Waals surface area contributed by atoms with E-state index in [1.807, 2.05) is 11.8 Å². The number of likely N-dealkylation sites (tertiary alicyclic amines) is 1. The SMILES string of the molecule is Cc1c(Cl)cc(C(=O)N2CCCC(N(C)CCN(C)C)C2)cc1Cl. The molecule has 0 radical (unpaired) electrons. The Balaban J connectivity index is 2.05. The smallest absolute Gasteiger partial charge is 0.254 e. The van der Waals surface area contributed by atoms with Crippen LogP contribution in [0.4, 0.5) is 0 Å². The Labute approximate surface area is 155 Å². The van der Waals surface area contributed by atoms with Gasteiger partial charge in [-0.3, -0.25) is 4.79 Å². The van der Waals surface area contributed by atoms with Crippen molar-refractivity contribution >= 4 is 29.1 Å². The Morgan fingerprint density at radius 2 is 1.83 bits per heavy atom. The maximum atomic E-state index is 12.8. The van der Waals surface area contributed by atoms with Crippen molar-refractivity contribution in [2.75, 3.05) is 47.3 Å². The molecule has 1 atom stereocenters. The number of likely N-dealkylation sites (N-methyl/N-ethyl adjacent to an activating group) is 2. The summed E-state index contributed by atoms with van der Waals surface area (Å²) in [5.41, 5.74) is 1.39. The van der Waals surface area contributed by atoms with Gasteiger partial charge in [0.1, 0.15) is 0 Å². The lowest BCUT2D eigenvalue weighted by molar-refractivity contribution is 0.0603. The number of rotatable bonds is 5. The zero-order valence-electron chi connectivity index (χ0n) is 15.0.